The number of amides is 1. The minimum absolute atomic E-state index is 0.255. The molecular formula is C22H25Cl2N3O6. The molecule has 0 fully saturated rings. The molecule has 2 rings (SSSR count). The number of nitrogens with zero attached hydrogens (tertiary/aromatic N) is 2. The summed E-state index contributed by atoms with van der Waals surface area (Å²) in [4.78, 5) is 25.1. The van der Waals surface area contributed by atoms with E-state index in [0.717, 1.165) is 0 Å². The molecule has 0 radical (unpaired) electrons. The van der Waals surface area contributed by atoms with Crippen molar-refractivity contribution in [2.75, 3.05) is 32.8 Å². The van der Waals surface area contributed by atoms with Gasteiger partial charge in [0.05, 0.1) is 43.2 Å². The van der Waals surface area contributed by atoms with E-state index in [9.17, 15) is 9.59 Å². The number of carbonyl (C=O) groups is 2. The van der Waals surface area contributed by atoms with Crippen LogP contribution >= 0.6 is 23.2 Å². The van der Waals surface area contributed by atoms with Crippen LogP contribution < -0.4 is 24.3 Å². The van der Waals surface area contributed by atoms with E-state index in [-0.39, 0.29) is 22.9 Å². The van der Waals surface area contributed by atoms with Crippen LogP contribution in [0.5, 0.6) is 23.0 Å². The van der Waals surface area contributed by atoms with Crippen LogP contribution in [0.4, 0.5) is 11.4 Å². The lowest BCUT2D eigenvalue weighted by Gasteiger charge is -2.15. The number of benzene rings is 2. The quantitative estimate of drug-likeness (QED) is 0.324. The van der Waals surface area contributed by atoms with Crippen LogP contribution in [0.15, 0.2) is 34.5 Å². The van der Waals surface area contributed by atoms with Gasteiger partial charge >= 0.3 is 0 Å². The largest absolute Gasteiger partial charge is 0.495 e. The molecule has 0 saturated heterocycles. The maximum absolute atomic E-state index is 12.9. The van der Waals surface area contributed by atoms with Crippen LogP contribution in [-0.2, 0) is 9.59 Å². The van der Waals surface area contributed by atoms with E-state index in [2.05, 4.69) is 15.5 Å². The monoisotopic (exact) mass is 497 g/mol. The number of carbonyl (C=O) groups excluding carboxylic acids is 2. The van der Waals surface area contributed by atoms with Gasteiger partial charge in [-0.05, 0) is 32.9 Å². The number of halogens is 2. The van der Waals surface area contributed by atoms with Gasteiger partial charge in [-0.25, -0.2) is 0 Å². The molecule has 0 aliphatic rings. The first-order chi connectivity index (χ1) is 15.8. The van der Waals surface area contributed by atoms with Gasteiger partial charge in [0.1, 0.15) is 17.2 Å². The zero-order valence-electron chi connectivity index (χ0n) is 18.9. The molecule has 0 bridgehead atoms. The standard InChI is InChI=1S/C22H25Cl2N3O6/c1-6-32-20-13(23)8-9-15(21(20)33-7-2)26-27-19(12(3)28)22(29)25-16-11-17(30-4)14(24)10-18(16)31-5/h8-11,19H,6-7H2,1-5H3,(H,25,29). The second kappa shape index (κ2) is 12.3. The Kier molecular flexibility index (Phi) is 9.74. The fourth-order valence-corrected chi connectivity index (χ4v) is 3.20. The van der Waals surface area contributed by atoms with Crippen molar-refractivity contribution in [1.82, 2.24) is 0 Å². The van der Waals surface area contributed by atoms with Crippen LogP contribution in [0.3, 0.4) is 0 Å². The molecule has 1 N–H and O–H groups in total. The molecular weight excluding hydrogens is 473 g/mol. The first-order valence-electron chi connectivity index (χ1n) is 9.99. The van der Waals surface area contributed by atoms with Gasteiger partial charge in [-0.2, -0.15) is 10.2 Å². The number of rotatable bonds is 11. The second-order valence-electron chi connectivity index (χ2n) is 6.50. The predicted molar refractivity (Wildman–Crippen MR) is 126 cm³/mol. The molecule has 0 heterocycles. The number of azo groups is 1. The molecule has 0 aliphatic heterocycles. The van der Waals surface area contributed by atoms with E-state index in [0.29, 0.717) is 34.8 Å². The van der Waals surface area contributed by atoms with Crippen LogP contribution in [0.1, 0.15) is 20.8 Å². The van der Waals surface area contributed by atoms with E-state index in [1.165, 1.54) is 33.3 Å². The fourth-order valence-electron chi connectivity index (χ4n) is 2.77. The van der Waals surface area contributed by atoms with Crippen molar-refractivity contribution in [2.45, 2.75) is 26.8 Å². The van der Waals surface area contributed by atoms with Crippen LogP contribution in [0, 0.1) is 0 Å². The molecule has 1 unspecified atom stereocenters. The van der Waals surface area contributed by atoms with E-state index in [1.54, 1.807) is 26.0 Å². The number of ether oxygens (including phenoxy) is 4. The van der Waals surface area contributed by atoms with Gasteiger partial charge in [0.15, 0.2) is 17.3 Å². The number of ketones is 1. The Labute approximate surface area is 202 Å². The van der Waals surface area contributed by atoms with Gasteiger partial charge in [-0.15, -0.1) is 0 Å². The highest BCUT2D eigenvalue weighted by molar-refractivity contribution is 6.32. The van der Waals surface area contributed by atoms with Crippen LogP contribution in [0.2, 0.25) is 10.0 Å². The molecule has 178 valence electrons. The topological polar surface area (TPSA) is 108 Å². The molecule has 33 heavy (non-hydrogen) atoms. The van der Waals surface area contributed by atoms with Gasteiger partial charge < -0.3 is 24.3 Å². The van der Waals surface area contributed by atoms with Crippen LogP contribution in [-0.4, -0.2) is 45.2 Å². The normalized spacial score (nSPS) is 11.7. The molecule has 2 aromatic rings. The Balaban J connectivity index is 2.38. The molecule has 11 heteroatoms. The van der Waals surface area contributed by atoms with Gasteiger partial charge in [0.25, 0.3) is 5.91 Å². The highest BCUT2D eigenvalue weighted by Gasteiger charge is 2.25. The Hall–Kier alpha value is -3.04. The lowest BCUT2D eigenvalue weighted by molar-refractivity contribution is -0.126. The summed E-state index contributed by atoms with van der Waals surface area (Å²) < 4.78 is 21.6. The first kappa shape index (κ1) is 26.2. The number of hydrogen-bond donors (Lipinski definition) is 1. The molecule has 0 aliphatic carbocycles. The Bertz CT molecular complexity index is 1050. The summed E-state index contributed by atoms with van der Waals surface area (Å²) >= 11 is 12.3. The van der Waals surface area contributed by atoms with Gasteiger partial charge in [0.2, 0.25) is 6.04 Å². The zero-order chi connectivity index (χ0) is 24.5. The molecule has 9 nitrogen and oxygen atoms in total. The summed E-state index contributed by atoms with van der Waals surface area (Å²) in [5.74, 6) is -0.0634. The predicted octanol–water partition coefficient (Wildman–Crippen LogP) is 5.49. The molecule has 2 aromatic carbocycles. The van der Waals surface area contributed by atoms with Gasteiger partial charge in [0, 0.05) is 12.1 Å². The first-order valence-corrected chi connectivity index (χ1v) is 10.7. The minimum Gasteiger partial charge on any atom is -0.495 e. The summed E-state index contributed by atoms with van der Waals surface area (Å²) in [6.07, 6.45) is 0. The summed E-state index contributed by atoms with van der Waals surface area (Å²) in [6.45, 7) is 5.50. The third-order valence-corrected chi connectivity index (χ3v) is 4.86. The summed E-state index contributed by atoms with van der Waals surface area (Å²) in [7, 11) is 2.85. The molecule has 1 atom stereocenters. The van der Waals surface area contributed by atoms with E-state index >= 15 is 0 Å². The third-order valence-electron chi connectivity index (χ3n) is 4.27. The maximum Gasteiger partial charge on any atom is 0.258 e. The van der Waals surface area contributed by atoms with Crippen molar-refractivity contribution in [1.29, 1.82) is 0 Å². The number of hydrogen-bond acceptors (Lipinski definition) is 8. The van der Waals surface area contributed by atoms with E-state index in [4.69, 9.17) is 42.1 Å². The van der Waals surface area contributed by atoms with E-state index in [1.807, 2.05) is 0 Å². The molecule has 0 spiro atoms. The van der Waals surface area contributed by atoms with Crippen molar-refractivity contribution in [2.24, 2.45) is 10.2 Å². The summed E-state index contributed by atoms with van der Waals surface area (Å²) in [5.41, 5.74) is 0.514. The highest BCUT2D eigenvalue weighted by atomic mass is 35.5. The third kappa shape index (κ3) is 6.49. The Morgan fingerprint density at radius 3 is 2.18 bits per heavy atom. The van der Waals surface area contributed by atoms with Gasteiger partial charge in [-0.3, -0.25) is 9.59 Å². The SMILES string of the molecule is CCOc1c(Cl)ccc(N=NC(C(C)=O)C(=O)Nc2cc(OC)c(Cl)cc2OC)c1OCC. The van der Waals surface area contributed by atoms with Crippen molar-refractivity contribution in [3.8, 4) is 23.0 Å². The zero-order valence-corrected chi connectivity index (χ0v) is 20.4. The number of nitrogens with one attached hydrogen (secondary N) is 1. The average Bonchev–Trinajstić information content (AvgIpc) is 2.78. The van der Waals surface area contributed by atoms with Crippen molar-refractivity contribution < 1.29 is 28.5 Å². The Morgan fingerprint density at radius 2 is 1.61 bits per heavy atom. The fraction of sp³-hybridized carbons (Fsp3) is 0.364. The number of Topliss-reactive ketones (excluding diaryl/α,β-unsaturated/α-hetero) is 1. The lowest BCUT2D eigenvalue weighted by Crippen LogP contribution is -2.32. The van der Waals surface area contributed by atoms with Gasteiger partial charge in [-0.1, -0.05) is 23.2 Å². The summed E-state index contributed by atoms with van der Waals surface area (Å²) in [5, 5.41) is 11.3. The number of methoxy groups -OCH3 is 2. The summed E-state index contributed by atoms with van der Waals surface area (Å²) in [6, 6.07) is 4.65. The van der Waals surface area contributed by atoms with Crippen molar-refractivity contribution in [3.05, 3.63) is 34.3 Å². The van der Waals surface area contributed by atoms with Crippen LogP contribution in [0.25, 0.3) is 0 Å². The molecule has 0 saturated carbocycles. The number of anilines is 1. The minimum atomic E-state index is -1.43. The average molecular weight is 498 g/mol. The van der Waals surface area contributed by atoms with Crippen molar-refractivity contribution >= 4 is 46.3 Å². The highest BCUT2D eigenvalue weighted by Crippen LogP contribution is 2.43. The van der Waals surface area contributed by atoms with E-state index < -0.39 is 17.7 Å². The smallest absolute Gasteiger partial charge is 0.258 e. The lowest BCUT2D eigenvalue weighted by atomic mass is 10.2. The molecule has 0 aromatic heterocycles. The van der Waals surface area contributed by atoms with Crippen molar-refractivity contribution in [3.63, 3.8) is 0 Å². The second-order valence-corrected chi connectivity index (χ2v) is 7.31. The maximum atomic E-state index is 12.9. The molecule has 1 amide bonds. The Morgan fingerprint density at radius 1 is 0.970 bits per heavy atom.